The molecule has 0 amide bonds. The van der Waals surface area contributed by atoms with Crippen molar-refractivity contribution in [2.75, 3.05) is 5.32 Å². The number of hydrazine groups is 1. The van der Waals surface area contributed by atoms with Gasteiger partial charge in [-0.1, -0.05) is 11.6 Å². The summed E-state index contributed by atoms with van der Waals surface area (Å²) >= 11 is 5.64. The predicted octanol–water partition coefficient (Wildman–Crippen LogP) is 2.12. The highest BCUT2D eigenvalue weighted by molar-refractivity contribution is 6.31. The van der Waals surface area contributed by atoms with Gasteiger partial charge < -0.3 is 5.32 Å². The maximum absolute atomic E-state index is 12.9. The second-order valence-corrected chi connectivity index (χ2v) is 3.88. The number of nitrogens with zero attached hydrogens (tertiary/aromatic N) is 1. The summed E-state index contributed by atoms with van der Waals surface area (Å²) in [6, 6.07) is 4.38. The van der Waals surface area contributed by atoms with Crippen LogP contribution in [0, 0.1) is 5.82 Å². The fraction of sp³-hybridized carbons (Fsp3) is 0.300. The van der Waals surface area contributed by atoms with E-state index in [9.17, 15) is 4.39 Å². The number of halogens is 2. The van der Waals surface area contributed by atoms with E-state index >= 15 is 0 Å². The SMILES string of the molecule is CC(C)N=C(NN)Nc1ccc(F)c(Cl)c1. The van der Waals surface area contributed by atoms with E-state index in [1.54, 1.807) is 6.07 Å². The highest BCUT2D eigenvalue weighted by Gasteiger charge is 2.03. The summed E-state index contributed by atoms with van der Waals surface area (Å²) in [6.45, 7) is 3.83. The maximum Gasteiger partial charge on any atom is 0.210 e. The zero-order valence-electron chi connectivity index (χ0n) is 9.09. The van der Waals surface area contributed by atoms with Gasteiger partial charge in [0.2, 0.25) is 5.96 Å². The predicted molar refractivity (Wildman–Crippen MR) is 64.9 cm³/mol. The van der Waals surface area contributed by atoms with Crippen molar-refractivity contribution in [1.29, 1.82) is 0 Å². The van der Waals surface area contributed by atoms with Gasteiger partial charge in [0.05, 0.1) is 5.02 Å². The molecule has 0 saturated carbocycles. The normalized spacial score (nSPS) is 11.8. The summed E-state index contributed by atoms with van der Waals surface area (Å²) in [7, 11) is 0. The Bertz CT molecular complexity index is 392. The van der Waals surface area contributed by atoms with Gasteiger partial charge in [-0.05, 0) is 32.0 Å². The second-order valence-electron chi connectivity index (χ2n) is 3.47. The van der Waals surface area contributed by atoms with Gasteiger partial charge in [-0.2, -0.15) is 0 Å². The van der Waals surface area contributed by atoms with Crippen molar-refractivity contribution in [2.45, 2.75) is 19.9 Å². The van der Waals surface area contributed by atoms with E-state index < -0.39 is 5.82 Å². The summed E-state index contributed by atoms with van der Waals surface area (Å²) in [6.07, 6.45) is 0. The lowest BCUT2D eigenvalue weighted by Gasteiger charge is -2.10. The molecule has 0 aliphatic rings. The summed E-state index contributed by atoms with van der Waals surface area (Å²) in [5.74, 6) is 5.22. The first kappa shape index (κ1) is 12.7. The highest BCUT2D eigenvalue weighted by atomic mass is 35.5. The first-order valence-electron chi connectivity index (χ1n) is 4.79. The van der Waals surface area contributed by atoms with E-state index in [2.05, 4.69) is 15.7 Å². The molecule has 0 spiro atoms. The molecular weight excluding hydrogens is 231 g/mol. The van der Waals surface area contributed by atoms with Gasteiger partial charge in [-0.25, -0.2) is 15.2 Å². The van der Waals surface area contributed by atoms with Crippen LogP contribution in [0.25, 0.3) is 0 Å². The van der Waals surface area contributed by atoms with Gasteiger partial charge in [0.25, 0.3) is 0 Å². The van der Waals surface area contributed by atoms with E-state index in [4.69, 9.17) is 17.4 Å². The Morgan fingerprint density at radius 3 is 2.69 bits per heavy atom. The molecule has 6 heteroatoms. The molecule has 4 N–H and O–H groups in total. The van der Waals surface area contributed by atoms with Crippen LogP contribution in [0.4, 0.5) is 10.1 Å². The first-order valence-corrected chi connectivity index (χ1v) is 5.17. The summed E-state index contributed by atoms with van der Waals surface area (Å²) in [4.78, 5) is 4.18. The molecule has 1 aromatic rings. The van der Waals surface area contributed by atoms with Crippen molar-refractivity contribution in [3.63, 3.8) is 0 Å². The lowest BCUT2D eigenvalue weighted by Crippen LogP contribution is -2.36. The number of nitrogens with one attached hydrogen (secondary N) is 2. The number of rotatable bonds is 2. The quantitative estimate of drug-likeness (QED) is 0.323. The Hall–Kier alpha value is -1.33. The molecule has 0 atom stereocenters. The summed E-state index contributed by atoms with van der Waals surface area (Å²) in [5, 5.41) is 2.94. The van der Waals surface area contributed by atoms with E-state index in [0.717, 1.165) is 0 Å². The van der Waals surface area contributed by atoms with E-state index in [-0.39, 0.29) is 11.1 Å². The Kier molecular flexibility index (Phi) is 4.52. The molecule has 16 heavy (non-hydrogen) atoms. The van der Waals surface area contributed by atoms with Crippen LogP contribution in [-0.4, -0.2) is 12.0 Å². The third kappa shape index (κ3) is 3.67. The maximum atomic E-state index is 12.9. The summed E-state index contributed by atoms with van der Waals surface area (Å²) in [5.41, 5.74) is 3.03. The highest BCUT2D eigenvalue weighted by Crippen LogP contribution is 2.19. The van der Waals surface area contributed by atoms with Crippen molar-refractivity contribution >= 4 is 23.2 Å². The van der Waals surface area contributed by atoms with Gasteiger partial charge in [0, 0.05) is 11.7 Å². The third-order valence-electron chi connectivity index (χ3n) is 1.71. The summed E-state index contributed by atoms with van der Waals surface area (Å²) < 4.78 is 12.9. The zero-order valence-corrected chi connectivity index (χ0v) is 9.85. The average Bonchev–Trinajstić information content (AvgIpc) is 2.22. The second kappa shape index (κ2) is 5.67. The van der Waals surface area contributed by atoms with Crippen LogP contribution in [0.5, 0.6) is 0 Å². The fourth-order valence-electron chi connectivity index (χ4n) is 1.07. The van der Waals surface area contributed by atoms with Crippen molar-refractivity contribution in [2.24, 2.45) is 10.8 Å². The number of anilines is 1. The lowest BCUT2D eigenvalue weighted by molar-refractivity contribution is 0.628. The number of nitrogens with two attached hydrogens (primary N) is 1. The van der Waals surface area contributed by atoms with Crippen LogP contribution in [-0.2, 0) is 0 Å². The molecule has 0 fully saturated rings. The number of hydrogen-bond acceptors (Lipinski definition) is 2. The van der Waals surface area contributed by atoms with Crippen LogP contribution >= 0.6 is 11.6 Å². The van der Waals surface area contributed by atoms with Crippen LogP contribution in [0.1, 0.15) is 13.8 Å². The Balaban J connectivity index is 2.82. The van der Waals surface area contributed by atoms with Gasteiger partial charge >= 0.3 is 0 Å². The largest absolute Gasteiger partial charge is 0.325 e. The van der Waals surface area contributed by atoms with E-state index in [1.807, 2.05) is 13.8 Å². The third-order valence-corrected chi connectivity index (χ3v) is 2.00. The average molecular weight is 245 g/mol. The molecule has 0 unspecified atom stereocenters. The smallest absolute Gasteiger partial charge is 0.210 e. The molecule has 1 rings (SSSR count). The minimum Gasteiger partial charge on any atom is -0.325 e. The van der Waals surface area contributed by atoms with E-state index in [0.29, 0.717) is 11.6 Å². The number of benzene rings is 1. The monoisotopic (exact) mass is 244 g/mol. The zero-order chi connectivity index (χ0) is 12.1. The molecular formula is C10H14ClFN4. The van der Waals surface area contributed by atoms with Crippen molar-refractivity contribution < 1.29 is 4.39 Å². The van der Waals surface area contributed by atoms with Gasteiger partial charge in [-0.3, -0.25) is 5.43 Å². The van der Waals surface area contributed by atoms with Crippen LogP contribution < -0.4 is 16.6 Å². The van der Waals surface area contributed by atoms with Crippen LogP contribution in [0.15, 0.2) is 23.2 Å². The lowest BCUT2D eigenvalue weighted by atomic mass is 10.3. The number of aliphatic imine (C=N–C) groups is 1. The molecule has 88 valence electrons. The molecule has 0 radical (unpaired) electrons. The van der Waals surface area contributed by atoms with Crippen LogP contribution in [0.3, 0.4) is 0 Å². The Labute approximate surface area is 98.7 Å². The van der Waals surface area contributed by atoms with Gasteiger partial charge in [0.15, 0.2) is 0 Å². The standard InChI is InChI=1S/C10H14ClFN4/c1-6(2)14-10(16-13)15-7-3-4-9(12)8(11)5-7/h3-6H,13H2,1-2H3,(H2,14,15,16). The Morgan fingerprint density at radius 2 is 2.19 bits per heavy atom. The van der Waals surface area contributed by atoms with Gasteiger partial charge in [-0.15, -0.1) is 0 Å². The van der Waals surface area contributed by atoms with Crippen molar-refractivity contribution in [1.82, 2.24) is 5.43 Å². The number of hydrogen-bond donors (Lipinski definition) is 3. The van der Waals surface area contributed by atoms with Gasteiger partial charge in [0.1, 0.15) is 5.82 Å². The molecule has 0 bridgehead atoms. The van der Waals surface area contributed by atoms with E-state index in [1.165, 1.54) is 12.1 Å². The molecule has 1 aromatic carbocycles. The number of guanidine groups is 1. The van der Waals surface area contributed by atoms with Crippen molar-refractivity contribution in [3.05, 3.63) is 29.0 Å². The van der Waals surface area contributed by atoms with Crippen LogP contribution in [0.2, 0.25) is 5.02 Å². The minimum absolute atomic E-state index is 0.0471. The molecule has 0 aliphatic carbocycles. The molecule has 0 heterocycles. The molecule has 0 aromatic heterocycles. The fourth-order valence-corrected chi connectivity index (χ4v) is 1.25. The molecule has 4 nitrogen and oxygen atoms in total. The topological polar surface area (TPSA) is 62.4 Å². The van der Waals surface area contributed by atoms with Crippen molar-refractivity contribution in [3.8, 4) is 0 Å². The Morgan fingerprint density at radius 1 is 1.50 bits per heavy atom. The molecule has 0 aliphatic heterocycles. The molecule has 0 saturated heterocycles. The minimum atomic E-state index is -0.463. The first-order chi connectivity index (χ1) is 7.52.